The number of nitrogens with zero attached hydrogens (tertiary/aromatic N) is 4. The minimum absolute atomic E-state index is 0. The Hall–Kier alpha value is -1.86. The van der Waals surface area contributed by atoms with Crippen molar-refractivity contribution in [2.45, 2.75) is 26.1 Å². The number of benzene rings is 1. The van der Waals surface area contributed by atoms with Gasteiger partial charge in [-0.3, -0.25) is 4.90 Å². The number of hydrogen-bond acceptors (Lipinski definition) is 4. The lowest BCUT2D eigenvalue weighted by Crippen LogP contribution is -2.49. The first-order valence-electron chi connectivity index (χ1n) is 8.33. The lowest BCUT2D eigenvalue weighted by Gasteiger charge is -2.36. The summed E-state index contributed by atoms with van der Waals surface area (Å²) in [5, 5.41) is 0. The second kappa shape index (κ2) is 8.22. The summed E-state index contributed by atoms with van der Waals surface area (Å²) in [6, 6.07) is 5.58. The van der Waals surface area contributed by atoms with Crippen LogP contribution in [0, 0.1) is 0 Å². The third-order valence-corrected chi connectivity index (χ3v) is 4.51. The van der Waals surface area contributed by atoms with E-state index in [0.717, 1.165) is 38.3 Å². The molecule has 0 amide bonds. The third kappa shape index (κ3) is 4.65. The Morgan fingerprint density at radius 3 is 1.88 bits per heavy atom. The first-order chi connectivity index (χ1) is 11.8. The molecule has 1 fully saturated rings. The maximum Gasteiger partial charge on any atom is 0.416 e. The second-order valence-electron chi connectivity index (χ2n) is 6.46. The highest BCUT2D eigenvalue weighted by molar-refractivity contribution is 5.85. The normalized spacial score (nSPS) is 15.8. The van der Waals surface area contributed by atoms with Crippen molar-refractivity contribution in [3.63, 3.8) is 0 Å². The molecule has 1 aromatic carbocycles. The molecule has 1 aliphatic rings. The Morgan fingerprint density at radius 2 is 1.42 bits per heavy atom. The van der Waals surface area contributed by atoms with Crippen LogP contribution in [0.4, 0.5) is 19.1 Å². The molecule has 0 atom stereocenters. The summed E-state index contributed by atoms with van der Waals surface area (Å²) in [6.45, 7) is 8.06. The molecule has 2 heterocycles. The monoisotopic (exact) mass is 386 g/mol. The van der Waals surface area contributed by atoms with E-state index in [1.54, 1.807) is 12.4 Å². The minimum atomic E-state index is -4.32. The van der Waals surface area contributed by atoms with Crippen LogP contribution in [0.5, 0.6) is 0 Å². The van der Waals surface area contributed by atoms with Gasteiger partial charge in [-0.05, 0) is 31.5 Å². The van der Waals surface area contributed by atoms with E-state index in [2.05, 4.69) is 33.6 Å². The number of rotatable bonds is 3. The topological polar surface area (TPSA) is 32.3 Å². The van der Waals surface area contributed by atoms with E-state index in [1.165, 1.54) is 12.1 Å². The van der Waals surface area contributed by atoms with Crippen LogP contribution in [-0.4, -0.2) is 47.1 Å². The third-order valence-electron chi connectivity index (χ3n) is 4.51. The van der Waals surface area contributed by atoms with Gasteiger partial charge in [-0.15, -0.1) is 12.4 Å². The Morgan fingerprint density at radius 1 is 0.885 bits per heavy atom. The van der Waals surface area contributed by atoms with Gasteiger partial charge in [0.05, 0.1) is 5.56 Å². The van der Waals surface area contributed by atoms with Gasteiger partial charge in [0.25, 0.3) is 0 Å². The Balaban J connectivity index is 0.00000243. The molecular weight excluding hydrogens is 365 g/mol. The molecule has 0 unspecified atom stereocenters. The molecule has 0 bridgehead atoms. The molecule has 2 aromatic rings. The summed E-state index contributed by atoms with van der Waals surface area (Å²) in [5.41, 5.74) is 0.722. The quantitative estimate of drug-likeness (QED) is 0.794. The van der Waals surface area contributed by atoms with Crippen molar-refractivity contribution in [2.75, 3.05) is 31.1 Å². The van der Waals surface area contributed by atoms with E-state index in [0.29, 0.717) is 23.1 Å². The fraction of sp³-hybridized carbons (Fsp3) is 0.444. The summed E-state index contributed by atoms with van der Waals surface area (Å²) < 4.78 is 37.9. The molecule has 3 rings (SSSR count). The first-order valence-corrected chi connectivity index (χ1v) is 8.33. The van der Waals surface area contributed by atoms with Crippen molar-refractivity contribution in [3.8, 4) is 11.1 Å². The summed E-state index contributed by atoms with van der Waals surface area (Å²) in [7, 11) is 0. The van der Waals surface area contributed by atoms with Crippen LogP contribution in [0.15, 0.2) is 36.7 Å². The van der Waals surface area contributed by atoms with Crippen LogP contribution < -0.4 is 4.90 Å². The van der Waals surface area contributed by atoms with Gasteiger partial charge in [0.2, 0.25) is 5.95 Å². The number of anilines is 1. The molecule has 0 spiro atoms. The molecule has 0 N–H and O–H groups in total. The molecule has 1 saturated heterocycles. The predicted molar refractivity (Wildman–Crippen MR) is 98.6 cm³/mol. The zero-order valence-electron chi connectivity index (χ0n) is 14.7. The lowest BCUT2D eigenvalue weighted by atomic mass is 10.1. The number of aromatic nitrogens is 2. The van der Waals surface area contributed by atoms with Crippen LogP contribution in [0.25, 0.3) is 11.1 Å². The summed E-state index contributed by atoms with van der Waals surface area (Å²) >= 11 is 0. The second-order valence-corrected chi connectivity index (χ2v) is 6.46. The number of alkyl halides is 3. The van der Waals surface area contributed by atoms with E-state index in [4.69, 9.17) is 0 Å². The molecule has 8 heteroatoms. The van der Waals surface area contributed by atoms with Crippen molar-refractivity contribution >= 4 is 18.4 Å². The van der Waals surface area contributed by atoms with Gasteiger partial charge in [0.1, 0.15) is 0 Å². The smallest absolute Gasteiger partial charge is 0.338 e. The van der Waals surface area contributed by atoms with Crippen LogP contribution in [0.2, 0.25) is 0 Å². The van der Waals surface area contributed by atoms with Gasteiger partial charge in [-0.2, -0.15) is 13.2 Å². The molecular formula is C18H22ClF3N4. The standard InChI is InChI=1S/C18H21F3N4.ClH/c1-13(2)24-7-9-25(10-8-24)17-22-11-15(12-23-17)14-3-5-16(6-4-14)18(19,20)21;/h3-6,11-13H,7-10H2,1-2H3;1H. The van der Waals surface area contributed by atoms with Crippen LogP contribution >= 0.6 is 12.4 Å². The van der Waals surface area contributed by atoms with Crippen molar-refractivity contribution < 1.29 is 13.2 Å². The van der Waals surface area contributed by atoms with Gasteiger partial charge in [0, 0.05) is 50.2 Å². The number of hydrogen-bond donors (Lipinski definition) is 0. The van der Waals surface area contributed by atoms with Gasteiger partial charge in [0.15, 0.2) is 0 Å². The predicted octanol–water partition coefficient (Wildman–Crippen LogP) is 4.11. The van der Waals surface area contributed by atoms with Crippen LogP contribution in [0.1, 0.15) is 19.4 Å². The highest BCUT2D eigenvalue weighted by atomic mass is 35.5. The first kappa shape index (κ1) is 20.5. The van der Waals surface area contributed by atoms with Crippen LogP contribution in [0.3, 0.4) is 0 Å². The zero-order valence-corrected chi connectivity index (χ0v) is 15.5. The van der Waals surface area contributed by atoms with E-state index in [9.17, 15) is 13.2 Å². The van der Waals surface area contributed by atoms with E-state index >= 15 is 0 Å². The Labute approximate surface area is 157 Å². The van der Waals surface area contributed by atoms with Crippen molar-refractivity contribution in [2.24, 2.45) is 0 Å². The maximum atomic E-state index is 12.6. The summed E-state index contributed by atoms with van der Waals surface area (Å²) in [5.74, 6) is 0.666. The maximum absolute atomic E-state index is 12.6. The van der Waals surface area contributed by atoms with Gasteiger partial charge >= 0.3 is 6.18 Å². The summed E-state index contributed by atoms with van der Waals surface area (Å²) in [4.78, 5) is 13.3. The fourth-order valence-electron chi connectivity index (χ4n) is 2.92. The number of piperazine rings is 1. The average Bonchev–Trinajstić information content (AvgIpc) is 2.61. The van der Waals surface area contributed by atoms with Gasteiger partial charge in [-0.25, -0.2) is 9.97 Å². The molecule has 0 radical (unpaired) electrons. The molecule has 142 valence electrons. The molecule has 0 saturated carbocycles. The van der Waals surface area contributed by atoms with Crippen molar-refractivity contribution in [3.05, 3.63) is 42.2 Å². The zero-order chi connectivity index (χ0) is 18.0. The summed E-state index contributed by atoms with van der Waals surface area (Å²) in [6.07, 6.45) is -0.990. The molecule has 0 aliphatic carbocycles. The SMILES string of the molecule is CC(C)N1CCN(c2ncc(-c3ccc(C(F)(F)F)cc3)cn2)CC1.Cl. The van der Waals surface area contributed by atoms with E-state index in [-0.39, 0.29) is 12.4 Å². The molecule has 1 aliphatic heterocycles. The molecule has 4 nitrogen and oxygen atoms in total. The fourth-order valence-corrected chi connectivity index (χ4v) is 2.92. The highest BCUT2D eigenvalue weighted by Gasteiger charge is 2.30. The number of halogens is 4. The average molecular weight is 387 g/mol. The largest absolute Gasteiger partial charge is 0.416 e. The van der Waals surface area contributed by atoms with Gasteiger partial charge < -0.3 is 4.90 Å². The lowest BCUT2D eigenvalue weighted by molar-refractivity contribution is -0.137. The highest BCUT2D eigenvalue weighted by Crippen LogP contribution is 2.30. The Bertz CT molecular complexity index is 694. The van der Waals surface area contributed by atoms with Crippen molar-refractivity contribution in [1.29, 1.82) is 0 Å². The van der Waals surface area contributed by atoms with Gasteiger partial charge in [-0.1, -0.05) is 12.1 Å². The Kier molecular flexibility index (Phi) is 6.47. The molecule has 1 aromatic heterocycles. The van der Waals surface area contributed by atoms with E-state index in [1.807, 2.05) is 0 Å². The van der Waals surface area contributed by atoms with Crippen molar-refractivity contribution in [1.82, 2.24) is 14.9 Å². The van der Waals surface area contributed by atoms with E-state index < -0.39 is 11.7 Å². The minimum Gasteiger partial charge on any atom is -0.338 e. The van der Waals surface area contributed by atoms with Crippen LogP contribution in [-0.2, 0) is 6.18 Å². The molecule has 26 heavy (non-hydrogen) atoms.